The summed E-state index contributed by atoms with van der Waals surface area (Å²) in [5.41, 5.74) is 2.49. The van der Waals surface area contributed by atoms with Crippen LogP contribution in [0.15, 0.2) is 48.5 Å². The third-order valence-corrected chi connectivity index (χ3v) is 4.17. The molecule has 0 spiro atoms. The molecule has 1 aliphatic rings. The van der Waals surface area contributed by atoms with Crippen LogP contribution in [0.1, 0.15) is 18.1 Å². The Morgan fingerprint density at radius 3 is 2.62 bits per heavy atom. The first-order valence-electron chi connectivity index (χ1n) is 8.27. The molecule has 0 saturated carbocycles. The zero-order chi connectivity index (χ0) is 18.5. The minimum Gasteiger partial charge on any atom is -0.482 e. The van der Waals surface area contributed by atoms with Gasteiger partial charge in [0.15, 0.2) is 13.2 Å². The molecule has 26 heavy (non-hydrogen) atoms. The number of anilines is 1. The van der Waals surface area contributed by atoms with E-state index in [4.69, 9.17) is 14.7 Å². The summed E-state index contributed by atoms with van der Waals surface area (Å²) in [4.78, 5) is 25.9. The lowest BCUT2D eigenvalue weighted by atomic mass is 10.1. The van der Waals surface area contributed by atoms with E-state index >= 15 is 0 Å². The Hall–Kier alpha value is -3.33. The molecule has 0 fully saturated rings. The molecular formula is C20H18N2O4. The molecule has 6 nitrogen and oxygen atoms in total. The van der Waals surface area contributed by atoms with E-state index in [0.717, 1.165) is 17.7 Å². The summed E-state index contributed by atoms with van der Waals surface area (Å²) in [5, 5.41) is 8.74. The molecule has 2 aromatic rings. The maximum Gasteiger partial charge on any atom is 0.344 e. The average molecular weight is 350 g/mol. The third kappa shape index (κ3) is 3.83. The van der Waals surface area contributed by atoms with E-state index in [1.807, 2.05) is 37.3 Å². The highest BCUT2D eigenvalue weighted by Gasteiger charge is 2.30. The Bertz CT molecular complexity index is 855. The van der Waals surface area contributed by atoms with Gasteiger partial charge < -0.3 is 14.4 Å². The van der Waals surface area contributed by atoms with Gasteiger partial charge in [-0.1, -0.05) is 18.2 Å². The van der Waals surface area contributed by atoms with Crippen LogP contribution in [0.4, 0.5) is 5.69 Å². The number of para-hydroxylation sites is 1. The highest BCUT2D eigenvalue weighted by Crippen LogP contribution is 2.31. The van der Waals surface area contributed by atoms with Crippen molar-refractivity contribution in [3.05, 3.63) is 59.7 Å². The number of benzene rings is 2. The average Bonchev–Trinajstić information content (AvgIpc) is 3.00. The van der Waals surface area contributed by atoms with Crippen LogP contribution < -0.4 is 9.64 Å². The summed E-state index contributed by atoms with van der Waals surface area (Å²) >= 11 is 0. The summed E-state index contributed by atoms with van der Waals surface area (Å²) in [6, 6.07) is 16.1. The van der Waals surface area contributed by atoms with Crippen LogP contribution in [0.25, 0.3) is 0 Å². The maximum absolute atomic E-state index is 12.4. The molecule has 0 aliphatic carbocycles. The number of esters is 1. The van der Waals surface area contributed by atoms with Gasteiger partial charge in [-0.15, -0.1) is 0 Å². The Labute approximate surface area is 151 Å². The number of ether oxygens (including phenoxy) is 2. The first-order valence-corrected chi connectivity index (χ1v) is 8.27. The van der Waals surface area contributed by atoms with Gasteiger partial charge in [-0.3, -0.25) is 4.79 Å². The van der Waals surface area contributed by atoms with Crippen molar-refractivity contribution in [3.63, 3.8) is 0 Å². The molecular weight excluding hydrogens is 332 g/mol. The molecule has 0 bridgehead atoms. The monoisotopic (exact) mass is 350 g/mol. The SMILES string of the molecule is C[C@@H]1Cc2ccccc2N1C(=O)COC(=O)COc1ccc(C#N)cc1. The number of carbonyl (C=O) groups excluding carboxylic acids is 2. The van der Waals surface area contributed by atoms with E-state index in [2.05, 4.69) is 0 Å². The lowest BCUT2D eigenvalue weighted by molar-refractivity contribution is -0.149. The Morgan fingerprint density at radius 1 is 1.15 bits per heavy atom. The highest BCUT2D eigenvalue weighted by molar-refractivity contribution is 5.97. The fourth-order valence-corrected chi connectivity index (χ4v) is 2.97. The lowest BCUT2D eigenvalue weighted by Crippen LogP contribution is -2.39. The number of rotatable bonds is 5. The van der Waals surface area contributed by atoms with Crippen LogP contribution in [0.2, 0.25) is 0 Å². The molecule has 6 heteroatoms. The predicted octanol–water partition coefficient (Wildman–Crippen LogP) is 2.46. The number of fused-ring (bicyclic) bond motifs is 1. The Morgan fingerprint density at radius 2 is 1.88 bits per heavy atom. The van der Waals surface area contributed by atoms with E-state index in [-0.39, 0.29) is 25.2 Å². The van der Waals surface area contributed by atoms with Crippen molar-refractivity contribution >= 4 is 17.6 Å². The van der Waals surface area contributed by atoms with Crippen LogP contribution >= 0.6 is 0 Å². The first-order chi connectivity index (χ1) is 12.6. The van der Waals surface area contributed by atoms with E-state index in [0.29, 0.717) is 11.3 Å². The van der Waals surface area contributed by atoms with Crippen molar-refractivity contribution in [1.82, 2.24) is 0 Å². The largest absolute Gasteiger partial charge is 0.482 e. The van der Waals surface area contributed by atoms with Gasteiger partial charge in [0.2, 0.25) is 0 Å². The van der Waals surface area contributed by atoms with Gasteiger partial charge in [-0.2, -0.15) is 5.26 Å². The lowest BCUT2D eigenvalue weighted by Gasteiger charge is -2.22. The molecule has 1 aliphatic heterocycles. The van der Waals surface area contributed by atoms with Crippen LogP contribution in [-0.2, 0) is 20.7 Å². The summed E-state index contributed by atoms with van der Waals surface area (Å²) in [6.07, 6.45) is 0.789. The van der Waals surface area contributed by atoms with Crippen molar-refractivity contribution < 1.29 is 19.1 Å². The van der Waals surface area contributed by atoms with Crippen molar-refractivity contribution in [2.24, 2.45) is 0 Å². The number of hydrogen-bond acceptors (Lipinski definition) is 5. The number of hydrogen-bond donors (Lipinski definition) is 0. The van der Waals surface area contributed by atoms with Crippen molar-refractivity contribution in [2.45, 2.75) is 19.4 Å². The van der Waals surface area contributed by atoms with Gasteiger partial charge in [-0.05, 0) is 49.2 Å². The number of carbonyl (C=O) groups is 2. The van der Waals surface area contributed by atoms with Gasteiger partial charge in [-0.25, -0.2) is 4.79 Å². The summed E-state index contributed by atoms with van der Waals surface area (Å²) < 4.78 is 10.3. The molecule has 0 saturated heterocycles. The molecule has 0 radical (unpaired) electrons. The van der Waals surface area contributed by atoms with E-state index in [9.17, 15) is 9.59 Å². The molecule has 0 unspecified atom stereocenters. The van der Waals surface area contributed by atoms with Crippen LogP contribution in [0.3, 0.4) is 0 Å². The predicted molar refractivity (Wildman–Crippen MR) is 94.7 cm³/mol. The van der Waals surface area contributed by atoms with Gasteiger partial charge in [0, 0.05) is 11.7 Å². The van der Waals surface area contributed by atoms with Crippen molar-refractivity contribution in [3.8, 4) is 11.8 Å². The summed E-state index contributed by atoms with van der Waals surface area (Å²) in [6.45, 7) is 1.34. The third-order valence-electron chi connectivity index (χ3n) is 4.17. The van der Waals surface area contributed by atoms with E-state index in [1.165, 1.54) is 0 Å². The molecule has 0 aromatic heterocycles. The summed E-state index contributed by atoms with van der Waals surface area (Å²) in [7, 11) is 0. The van der Waals surface area contributed by atoms with Crippen LogP contribution in [0, 0.1) is 11.3 Å². The van der Waals surface area contributed by atoms with Gasteiger partial charge in [0.1, 0.15) is 5.75 Å². The van der Waals surface area contributed by atoms with Crippen molar-refractivity contribution in [1.29, 1.82) is 5.26 Å². The second-order valence-corrected chi connectivity index (χ2v) is 6.03. The standard InChI is InChI=1S/C20H18N2O4/c1-14-10-16-4-2-3-5-18(16)22(14)19(23)12-26-20(24)13-25-17-8-6-15(11-21)7-9-17/h2-9,14H,10,12-13H2,1H3/t14-/m1/s1. The fourth-order valence-electron chi connectivity index (χ4n) is 2.97. The molecule has 3 rings (SSSR count). The van der Waals surface area contributed by atoms with Crippen molar-refractivity contribution in [2.75, 3.05) is 18.1 Å². The first kappa shape index (κ1) is 17.5. The van der Waals surface area contributed by atoms with Gasteiger partial charge in [0.25, 0.3) is 5.91 Å². The maximum atomic E-state index is 12.4. The highest BCUT2D eigenvalue weighted by atomic mass is 16.6. The molecule has 0 N–H and O–H groups in total. The smallest absolute Gasteiger partial charge is 0.344 e. The number of nitriles is 1. The fraction of sp³-hybridized carbons (Fsp3) is 0.250. The van der Waals surface area contributed by atoms with Crippen LogP contribution in [-0.4, -0.2) is 31.1 Å². The zero-order valence-corrected chi connectivity index (χ0v) is 14.3. The second-order valence-electron chi connectivity index (χ2n) is 6.03. The topological polar surface area (TPSA) is 79.6 Å². The molecule has 132 valence electrons. The van der Waals surface area contributed by atoms with Gasteiger partial charge in [0.05, 0.1) is 11.6 Å². The Kier molecular flexibility index (Phi) is 5.18. The zero-order valence-electron chi connectivity index (χ0n) is 14.3. The number of amides is 1. The minimum atomic E-state index is -0.622. The quantitative estimate of drug-likeness (QED) is 0.774. The second kappa shape index (κ2) is 7.70. The normalized spacial score (nSPS) is 15.1. The Balaban J connectivity index is 1.50. The molecule has 2 aromatic carbocycles. The summed E-state index contributed by atoms with van der Waals surface area (Å²) in [5.74, 6) is -0.425. The molecule has 1 atom stereocenters. The minimum absolute atomic E-state index is 0.0356. The van der Waals surface area contributed by atoms with Crippen LogP contribution in [0.5, 0.6) is 5.75 Å². The van der Waals surface area contributed by atoms with E-state index in [1.54, 1.807) is 29.2 Å². The number of nitrogens with zero attached hydrogens (tertiary/aromatic N) is 2. The molecule has 1 amide bonds. The van der Waals surface area contributed by atoms with Gasteiger partial charge >= 0.3 is 5.97 Å². The van der Waals surface area contributed by atoms with E-state index < -0.39 is 5.97 Å². The molecule has 1 heterocycles.